The van der Waals surface area contributed by atoms with Crippen molar-refractivity contribution in [3.05, 3.63) is 81.0 Å². The molecule has 50 heavy (non-hydrogen) atoms. The van der Waals surface area contributed by atoms with Gasteiger partial charge in [-0.25, -0.2) is 23.8 Å². The van der Waals surface area contributed by atoms with E-state index in [2.05, 4.69) is 74.9 Å². The van der Waals surface area contributed by atoms with Gasteiger partial charge in [0.2, 0.25) is 0 Å². The van der Waals surface area contributed by atoms with Crippen LogP contribution in [0.25, 0.3) is 11.3 Å². The first-order valence-electron chi connectivity index (χ1n) is 15.8. The Morgan fingerprint density at radius 1 is 0.840 bits per heavy atom. The Kier molecular flexibility index (Phi) is 10.5. The molecule has 7 N–H and O–H groups in total. The van der Waals surface area contributed by atoms with Gasteiger partial charge in [-0.05, 0) is 55.8 Å². The number of aromatic nitrogens is 6. The van der Waals surface area contributed by atoms with Crippen LogP contribution in [0.1, 0.15) is 40.1 Å². The van der Waals surface area contributed by atoms with Crippen LogP contribution in [0.2, 0.25) is 0 Å². The molecule has 0 spiro atoms. The Labute approximate surface area is 303 Å². The number of carbonyl (C=O) groups is 3. The van der Waals surface area contributed by atoms with Crippen LogP contribution in [0.5, 0.6) is 0 Å². The minimum Gasteiger partial charge on any atom is -0.445 e. The Morgan fingerprint density at radius 2 is 1.40 bits per heavy atom. The highest BCUT2D eigenvalue weighted by atomic mass is 79.9. The first-order chi connectivity index (χ1) is 24.0. The summed E-state index contributed by atoms with van der Waals surface area (Å²) in [6.45, 7) is 7.17. The standard InChI is InChI=1S/C20H21BrN6O3.C12H15BrN6O/c1-12-8-26(20(29)30-11-13-5-3-2-4-6-13)9-15(12)24-17-14(18(22)28)7-23-27-10-16(21)25-19(17)27;1-6-2-15-4-8(6)17-10-7(11(14)20)3-16-19-5-9(13)18-12(10)19/h2-7,10,12,15,24H,8-9,11H2,1H3,(H2,22,28);3,5-6,8,15,17H,2,4H2,1H3,(H2,14,20)/t12-,15+;6-,8+/m00/s1. The van der Waals surface area contributed by atoms with E-state index in [-0.39, 0.29) is 36.3 Å². The molecule has 0 aliphatic carbocycles. The van der Waals surface area contributed by atoms with Gasteiger partial charge in [-0.15, -0.1) is 0 Å². The van der Waals surface area contributed by atoms with Gasteiger partial charge in [-0.3, -0.25) is 9.59 Å². The van der Waals surface area contributed by atoms with Crippen molar-refractivity contribution in [3.63, 3.8) is 0 Å². The molecule has 2 saturated heterocycles. The number of nitrogens with one attached hydrogen (secondary N) is 3. The maximum Gasteiger partial charge on any atom is 0.410 e. The number of rotatable bonds is 8. The molecule has 0 bridgehead atoms. The van der Waals surface area contributed by atoms with Crippen LogP contribution in [-0.2, 0) is 11.3 Å². The van der Waals surface area contributed by atoms with E-state index < -0.39 is 11.8 Å². The fourth-order valence-electron chi connectivity index (χ4n) is 5.96. The zero-order chi connectivity index (χ0) is 35.5. The second-order valence-corrected chi connectivity index (χ2v) is 13.9. The van der Waals surface area contributed by atoms with Crippen LogP contribution in [0, 0.1) is 11.8 Å². The maximum absolute atomic E-state index is 12.5. The third kappa shape index (κ3) is 7.66. The lowest BCUT2D eigenvalue weighted by molar-refractivity contribution is 0.0992. The quantitative estimate of drug-likeness (QED) is 0.154. The van der Waals surface area contributed by atoms with E-state index in [1.807, 2.05) is 37.3 Å². The molecule has 2 aliphatic heterocycles. The van der Waals surface area contributed by atoms with Gasteiger partial charge in [0, 0.05) is 31.7 Å². The zero-order valence-electron chi connectivity index (χ0n) is 27.2. The fraction of sp³-hybridized carbons (Fsp3) is 0.344. The molecular formula is C32H36Br2N12O4. The Hall–Kier alpha value is -4.81. The van der Waals surface area contributed by atoms with E-state index in [1.165, 1.54) is 12.4 Å². The number of primary amides is 2. The zero-order valence-corrected chi connectivity index (χ0v) is 30.4. The summed E-state index contributed by atoms with van der Waals surface area (Å²) in [7, 11) is 0. The third-order valence-electron chi connectivity index (χ3n) is 8.71. The molecule has 7 rings (SSSR count). The molecule has 6 heterocycles. The number of nitrogens with two attached hydrogens (primary N) is 2. The highest BCUT2D eigenvalue weighted by molar-refractivity contribution is 9.10. The van der Waals surface area contributed by atoms with Crippen molar-refractivity contribution in [1.29, 1.82) is 0 Å². The van der Waals surface area contributed by atoms with Crippen LogP contribution in [0.15, 0.2) is 64.3 Å². The lowest BCUT2D eigenvalue weighted by atomic mass is 10.1. The number of benzene rings is 1. The SMILES string of the molecule is C[C@H]1CN(C(=O)OCc2ccccc2)C[C@H]1Nc1c(C(N)=O)cnn2cc(Br)nc12.C[C@H]1CNC[C@H]1Nc1c(C(N)=O)cnn2cc(Br)nc12. The van der Waals surface area contributed by atoms with Crippen LogP contribution < -0.4 is 27.4 Å². The summed E-state index contributed by atoms with van der Waals surface area (Å²) in [6.07, 6.45) is 5.95. The number of halogens is 2. The molecular weight excluding hydrogens is 776 g/mol. The summed E-state index contributed by atoms with van der Waals surface area (Å²) in [5, 5.41) is 18.4. The van der Waals surface area contributed by atoms with E-state index in [0.717, 1.165) is 18.7 Å². The van der Waals surface area contributed by atoms with Crippen molar-refractivity contribution in [2.75, 3.05) is 36.8 Å². The number of amides is 3. The van der Waals surface area contributed by atoms with Gasteiger partial charge in [0.05, 0.1) is 47.3 Å². The van der Waals surface area contributed by atoms with E-state index >= 15 is 0 Å². The molecule has 0 unspecified atom stereocenters. The van der Waals surface area contributed by atoms with Gasteiger partial charge in [0.1, 0.15) is 15.8 Å². The van der Waals surface area contributed by atoms with Crippen molar-refractivity contribution in [2.45, 2.75) is 32.5 Å². The number of likely N-dealkylation sites (tertiary alicyclic amines) is 1. The molecule has 4 aromatic heterocycles. The first-order valence-corrected chi connectivity index (χ1v) is 17.4. The minimum atomic E-state index is -0.601. The molecule has 1 aromatic carbocycles. The molecule has 0 radical (unpaired) electrons. The predicted molar refractivity (Wildman–Crippen MR) is 193 cm³/mol. The summed E-state index contributed by atoms with van der Waals surface area (Å²) in [6, 6.07) is 9.67. The number of nitrogens with zero attached hydrogens (tertiary/aromatic N) is 7. The van der Waals surface area contributed by atoms with E-state index in [0.29, 0.717) is 56.4 Å². The number of anilines is 2. The van der Waals surface area contributed by atoms with Crippen LogP contribution >= 0.6 is 31.9 Å². The lowest BCUT2D eigenvalue weighted by Gasteiger charge is -2.20. The number of imidazole rings is 2. The summed E-state index contributed by atoms with van der Waals surface area (Å²) in [4.78, 5) is 46.5. The van der Waals surface area contributed by atoms with Crippen molar-refractivity contribution in [3.8, 4) is 0 Å². The average molecular weight is 813 g/mol. The molecule has 16 nitrogen and oxygen atoms in total. The highest BCUT2D eigenvalue weighted by Crippen LogP contribution is 2.28. The second kappa shape index (κ2) is 15.0. The number of carbonyl (C=O) groups excluding carboxylic acids is 3. The maximum atomic E-state index is 12.5. The minimum absolute atomic E-state index is 0.103. The van der Waals surface area contributed by atoms with Crippen LogP contribution in [0.4, 0.5) is 16.2 Å². The topological polar surface area (TPSA) is 212 Å². The van der Waals surface area contributed by atoms with Gasteiger partial charge >= 0.3 is 6.09 Å². The molecule has 5 aromatic rings. The first kappa shape index (κ1) is 35.0. The second-order valence-electron chi connectivity index (χ2n) is 12.3. The van der Waals surface area contributed by atoms with Crippen molar-refractivity contribution < 1.29 is 19.1 Å². The normalized spacial score (nSPS) is 20.0. The van der Waals surface area contributed by atoms with E-state index in [4.69, 9.17) is 16.2 Å². The Bertz CT molecular complexity index is 2040. The molecule has 0 saturated carbocycles. The van der Waals surface area contributed by atoms with Crippen molar-refractivity contribution in [2.24, 2.45) is 23.3 Å². The van der Waals surface area contributed by atoms with E-state index in [1.54, 1.807) is 26.3 Å². The third-order valence-corrected chi connectivity index (χ3v) is 9.47. The number of hydrogen-bond donors (Lipinski definition) is 5. The van der Waals surface area contributed by atoms with E-state index in [9.17, 15) is 14.4 Å². The van der Waals surface area contributed by atoms with Gasteiger partial charge in [-0.1, -0.05) is 44.2 Å². The summed E-state index contributed by atoms with van der Waals surface area (Å²) >= 11 is 6.64. The van der Waals surface area contributed by atoms with Gasteiger partial charge in [0.25, 0.3) is 11.8 Å². The lowest BCUT2D eigenvalue weighted by Crippen LogP contribution is -2.33. The molecule has 4 atom stereocenters. The summed E-state index contributed by atoms with van der Waals surface area (Å²) < 4.78 is 9.87. The fourth-order valence-corrected chi connectivity index (χ4v) is 6.68. The number of hydrogen-bond acceptors (Lipinski definition) is 11. The predicted octanol–water partition coefficient (Wildman–Crippen LogP) is 3.27. The number of ether oxygens (including phenoxy) is 1. The largest absolute Gasteiger partial charge is 0.445 e. The highest BCUT2D eigenvalue weighted by Gasteiger charge is 2.34. The Morgan fingerprint density at radius 3 is 1.92 bits per heavy atom. The van der Waals surface area contributed by atoms with Crippen LogP contribution in [0.3, 0.4) is 0 Å². The average Bonchev–Trinajstić information content (AvgIpc) is 3.87. The molecule has 262 valence electrons. The van der Waals surface area contributed by atoms with Crippen molar-refractivity contribution >= 4 is 72.4 Å². The monoisotopic (exact) mass is 810 g/mol. The Balaban J connectivity index is 0.000000187. The smallest absolute Gasteiger partial charge is 0.410 e. The molecule has 2 aliphatic rings. The molecule has 3 amide bonds. The van der Waals surface area contributed by atoms with Crippen molar-refractivity contribution in [1.82, 2.24) is 39.4 Å². The van der Waals surface area contributed by atoms with Gasteiger partial charge in [0.15, 0.2) is 11.3 Å². The van der Waals surface area contributed by atoms with Gasteiger partial charge < -0.3 is 37.1 Å². The molecule has 2 fully saturated rings. The number of fused-ring (bicyclic) bond motifs is 2. The summed E-state index contributed by atoms with van der Waals surface area (Å²) in [5.41, 5.74) is 14.7. The molecule has 18 heteroatoms. The van der Waals surface area contributed by atoms with Gasteiger partial charge in [-0.2, -0.15) is 10.2 Å². The van der Waals surface area contributed by atoms with Crippen LogP contribution in [-0.4, -0.2) is 90.3 Å². The summed E-state index contributed by atoms with van der Waals surface area (Å²) in [5.74, 6) is -0.527.